The zero-order chi connectivity index (χ0) is 16.0. The summed E-state index contributed by atoms with van der Waals surface area (Å²) in [5, 5.41) is 9.09. The van der Waals surface area contributed by atoms with Crippen molar-refractivity contribution in [1.82, 2.24) is 15.1 Å². The van der Waals surface area contributed by atoms with Crippen molar-refractivity contribution in [2.75, 3.05) is 13.1 Å². The number of hydrogen-bond donors (Lipinski definition) is 1. The number of hydrogen-bond acceptors (Lipinski definition) is 2. The van der Waals surface area contributed by atoms with Gasteiger partial charge in [-0.25, -0.2) is 0 Å². The molecule has 1 atom stereocenters. The lowest BCUT2D eigenvalue weighted by Crippen LogP contribution is -2.34. The molecule has 4 heteroatoms. The third-order valence-electron chi connectivity index (χ3n) is 4.18. The van der Waals surface area contributed by atoms with Gasteiger partial charge in [-0.05, 0) is 50.6 Å². The molecule has 3 nitrogen and oxygen atoms in total. The number of nitrogens with one attached hydrogen (secondary N) is 1. The fourth-order valence-electron chi connectivity index (χ4n) is 2.58. The van der Waals surface area contributed by atoms with Crippen LogP contribution in [0.4, 0.5) is 0 Å². The molecule has 0 amide bonds. The first-order valence-electron chi connectivity index (χ1n) is 8.29. The van der Waals surface area contributed by atoms with E-state index in [1.165, 1.54) is 12.1 Å². The molecule has 1 aromatic rings. The molecular formula is C17H32ClN3. The maximum absolute atomic E-state index is 6.56. The highest BCUT2D eigenvalue weighted by Crippen LogP contribution is 2.32. The summed E-state index contributed by atoms with van der Waals surface area (Å²) in [6.07, 6.45) is 3.05. The number of nitrogens with zero attached hydrogens (tertiary/aromatic N) is 2. The summed E-state index contributed by atoms with van der Waals surface area (Å²) in [5.74, 6) is 0.549. The lowest BCUT2D eigenvalue weighted by molar-refractivity contribution is 0.227. The van der Waals surface area contributed by atoms with Crippen molar-refractivity contribution >= 4 is 11.6 Å². The largest absolute Gasteiger partial charge is 0.316 e. The van der Waals surface area contributed by atoms with Crippen molar-refractivity contribution in [2.45, 2.75) is 67.3 Å². The molecule has 0 aromatic carbocycles. The lowest BCUT2D eigenvalue weighted by Gasteiger charge is -2.31. The van der Waals surface area contributed by atoms with Gasteiger partial charge in [0.1, 0.15) is 0 Å². The molecule has 0 fully saturated rings. The van der Waals surface area contributed by atoms with Crippen LogP contribution in [0.5, 0.6) is 0 Å². The fourth-order valence-corrected chi connectivity index (χ4v) is 2.93. The first-order chi connectivity index (χ1) is 9.85. The summed E-state index contributed by atoms with van der Waals surface area (Å²) in [5.41, 5.74) is 2.48. The average molecular weight is 314 g/mol. The van der Waals surface area contributed by atoms with Gasteiger partial charge in [0.05, 0.1) is 16.4 Å². The zero-order valence-corrected chi connectivity index (χ0v) is 15.3. The highest BCUT2D eigenvalue weighted by Gasteiger charge is 2.27. The normalized spacial score (nSPS) is 13.7. The highest BCUT2D eigenvalue weighted by atomic mass is 35.5. The molecule has 0 aliphatic heterocycles. The van der Waals surface area contributed by atoms with E-state index >= 15 is 0 Å². The molecule has 1 aromatic heterocycles. The van der Waals surface area contributed by atoms with Crippen molar-refractivity contribution in [3.63, 3.8) is 0 Å². The molecule has 0 saturated heterocycles. The predicted octanol–water partition coefficient (Wildman–Crippen LogP) is 4.32. The van der Waals surface area contributed by atoms with Crippen molar-refractivity contribution in [2.24, 2.45) is 11.3 Å². The van der Waals surface area contributed by atoms with Gasteiger partial charge in [0.2, 0.25) is 0 Å². The van der Waals surface area contributed by atoms with Gasteiger partial charge in [0, 0.05) is 6.54 Å². The Morgan fingerprint density at radius 1 is 1.24 bits per heavy atom. The molecule has 0 aliphatic rings. The van der Waals surface area contributed by atoms with Crippen molar-refractivity contribution in [3.8, 4) is 0 Å². The maximum atomic E-state index is 6.56. The van der Waals surface area contributed by atoms with Crippen LogP contribution in [0.25, 0.3) is 0 Å². The summed E-state index contributed by atoms with van der Waals surface area (Å²) in [6.45, 7) is 16.4. The van der Waals surface area contributed by atoms with Gasteiger partial charge in [-0.2, -0.15) is 5.10 Å². The van der Waals surface area contributed by atoms with E-state index in [4.69, 9.17) is 11.6 Å². The third-order valence-corrected chi connectivity index (χ3v) is 4.61. The first-order valence-corrected chi connectivity index (χ1v) is 8.67. The Morgan fingerprint density at radius 3 is 2.38 bits per heavy atom. The van der Waals surface area contributed by atoms with Gasteiger partial charge < -0.3 is 5.32 Å². The van der Waals surface area contributed by atoms with Crippen LogP contribution in [0.1, 0.15) is 59.4 Å². The molecule has 21 heavy (non-hydrogen) atoms. The van der Waals surface area contributed by atoms with Gasteiger partial charge >= 0.3 is 0 Å². The maximum Gasteiger partial charge on any atom is 0.0849 e. The molecule has 1 N–H and O–H groups in total. The van der Waals surface area contributed by atoms with E-state index in [-0.39, 0.29) is 5.41 Å². The van der Waals surface area contributed by atoms with Crippen LogP contribution in [0.3, 0.4) is 0 Å². The van der Waals surface area contributed by atoms with Crippen LogP contribution in [-0.4, -0.2) is 22.9 Å². The fraction of sp³-hybridized carbons (Fsp3) is 0.824. The Balaban J connectivity index is 2.94. The van der Waals surface area contributed by atoms with E-state index in [2.05, 4.69) is 56.6 Å². The van der Waals surface area contributed by atoms with Crippen LogP contribution in [0.15, 0.2) is 0 Å². The summed E-state index contributed by atoms with van der Waals surface area (Å²) < 4.78 is 2.08. The van der Waals surface area contributed by atoms with Crippen LogP contribution in [0, 0.1) is 11.3 Å². The second kappa shape index (κ2) is 8.19. The second-order valence-electron chi connectivity index (χ2n) is 6.85. The van der Waals surface area contributed by atoms with Crippen LogP contribution in [0.2, 0.25) is 5.02 Å². The molecular weight excluding hydrogens is 282 g/mol. The molecule has 122 valence electrons. The monoisotopic (exact) mass is 313 g/mol. The minimum Gasteiger partial charge on any atom is -0.316 e. The summed E-state index contributed by atoms with van der Waals surface area (Å²) in [6, 6.07) is 0. The van der Waals surface area contributed by atoms with Crippen LogP contribution >= 0.6 is 11.6 Å². The Morgan fingerprint density at radius 2 is 1.90 bits per heavy atom. The molecule has 1 rings (SSSR count). The lowest BCUT2D eigenvalue weighted by atomic mass is 9.78. The standard InChI is InChI=1S/C17H32ClN3/c1-7-10-19-12-13(17(4,5)6)11-15-16(18)14(8-2)20-21(15)9-3/h13,19H,7-12H2,1-6H3. The molecule has 0 radical (unpaired) electrons. The predicted molar refractivity (Wildman–Crippen MR) is 92.1 cm³/mol. The van der Waals surface area contributed by atoms with Crippen molar-refractivity contribution in [1.29, 1.82) is 0 Å². The smallest absolute Gasteiger partial charge is 0.0849 e. The number of halogens is 1. The quantitative estimate of drug-likeness (QED) is 0.724. The van der Waals surface area contributed by atoms with Crippen LogP contribution < -0.4 is 5.32 Å². The van der Waals surface area contributed by atoms with E-state index in [1.54, 1.807) is 0 Å². The topological polar surface area (TPSA) is 29.9 Å². The Bertz CT molecular complexity index is 432. The van der Waals surface area contributed by atoms with E-state index in [9.17, 15) is 0 Å². The van der Waals surface area contributed by atoms with Crippen molar-refractivity contribution < 1.29 is 0 Å². The Hall–Kier alpha value is -0.540. The van der Waals surface area contributed by atoms with Gasteiger partial charge in [0.25, 0.3) is 0 Å². The van der Waals surface area contributed by atoms with Gasteiger partial charge in [-0.1, -0.05) is 46.2 Å². The highest BCUT2D eigenvalue weighted by molar-refractivity contribution is 6.31. The molecule has 0 saturated carbocycles. The van der Waals surface area contributed by atoms with Gasteiger partial charge in [-0.15, -0.1) is 0 Å². The van der Waals surface area contributed by atoms with E-state index in [0.717, 1.165) is 43.2 Å². The third kappa shape index (κ3) is 5.00. The second-order valence-corrected chi connectivity index (χ2v) is 7.23. The van der Waals surface area contributed by atoms with Crippen LogP contribution in [-0.2, 0) is 19.4 Å². The molecule has 1 unspecified atom stereocenters. The van der Waals surface area contributed by atoms with Gasteiger partial charge in [-0.3, -0.25) is 4.68 Å². The molecule has 0 spiro atoms. The number of aromatic nitrogens is 2. The van der Waals surface area contributed by atoms with Gasteiger partial charge in [0.15, 0.2) is 0 Å². The first kappa shape index (κ1) is 18.5. The van der Waals surface area contributed by atoms with E-state index in [0.29, 0.717) is 5.92 Å². The van der Waals surface area contributed by atoms with E-state index < -0.39 is 0 Å². The molecule has 0 bridgehead atoms. The summed E-state index contributed by atoms with van der Waals surface area (Å²) in [7, 11) is 0. The molecule has 1 heterocycles. The summed E-state index contributed by atoms with van der Waals surface area (Å²) in [4.78, 5) is 0. The van der Waals surface area contributed by atoms with E-state index in [1.807, 2.05) is 0 Å². The molecule has 0 aliphatic carbocycles. The number of rotatable bonds is 8. The Labute approximate surface area is 135 Å². The minimum absolute atomic E-state index is 0.249. The zero-order valence-electron chi connectivity index (χ0n) is 14.6. The summed E-state index contributed by atoms with van der Waals surface area (Å²) >= 11 is 6.56. The van der Waals surface area contributed by atoms with Crippen molar-refractivity contribution in [3.05, 3.63) is 16.4 Å². The SMILES string of the molecule is CCCNCC(Cc1c(Cl)c(CC)nn1CC)C(C)(C)C. The average Bonchev–Trinajstić information content (AvgIpc) is 2.73. The minimum atomic E-state index is 0.249. The Kier molecular flexibility index (Phi) is 7.22. The number of aryl methyl sites for hydroxylation is 2.